The molecule has 0 saturated heterocycles. The predicted octanol–water partition coefficient (Wildman–Crippen LogP) is 6.23. The average molecular weight is 523 g/mol. The average Bonchev–Trinajstić information content (AvgIpc) is 2.96. The molecule has 3 aromatic rings. The number of nitrogens with zero attached hydrogens (tertiary/aromatic N) is 2. The number of amides is 1. The van der Waals surface area contributed by atoms with Crippen LogP contribution in [0.5, 0.6) is 0 Å². The molecule has 0 aliphatic heterocycles. The first-order chi connectivity index (χ1) is 18.9. The molecule has 0 aliphatic rings. The zero-order valence-electron chi connectivity index (χ0n) is 23.3. The van der Waals surface area contributed by atoms with Gasteiger partial charge in [-0.3, -0.25) is 4.79 Å². The Morgan fingerprint density at radius 1 is 1.00 bits per heavy atom. The van der Waals surface area contributed by atoms with Gasteiger partial charge in [0.2, 0.25) is 5.91 Å². The van der Waals surface area contributed by atoms with Crippen molar-refractivity contribution in [2.75, 3.05) is 11.9 Å². The largest absolute Gasteiger partial charge is 0.381 e. The Morgan fingerprint density at radius 2 is 1.69 bits per heavy atom. The van der Waals surface area contributed by atoms with Gasteiger partial charge in [0.25, 0.3) is 0 Å². The molecule has 1 atom stereocenters. The molecule has 0 aliphatic carbocycles. The number of anilines is 1. The van der Waals surface area contributed by atoms with Gasteiger partial charge in [0.05, 0.1) is 5.92 Å². The molecule has 1 aromatic heterocycles. The topological polar surface area (TPSA) is 53.3 Å². The third-order valence-corrected chi connectivity index (χ3v) is 6.68. The number of hydrogen-bond acceptors (Lipinski definition) is 3. The minimum atomic E-state index is -0.538. The molecule has 1 heterocycles. The Morgan fingerprint density at radius 3 is 2.33 bits per heavy atom. The van der Waals surface area contributed by atoms with Crippen LogP contribution in [0.25, 0.3) is 0 Å². The zero-order valence-corrected chi connectivity index (χ0v) is 23.3. The van der Waals surface area contributed by atoms with E-state index in [9.17, 15) is 9.59 Å². The normalized spacial score (nSPS) is 12.4. The van der Waals surface area contributed by atoms with E-state index in [0.717, 1.165) is 35.2 Å². The summed E-state index contributed by atoms with van der Waals surface area (Å²) in [7, 11) is 0. The van der Waals surface area contributed by atoms with Gasteiger partial charge in [-0.1, -0.05) is 79.4 Å². The van der Waals surface area contributed by atoms with Crippen LogP contribution in [0.3, 0.4) is 0 Å². The molecule has 1 amide bonds. The van der Waals surface area contributed by atoms with Crippen molar-refractivity contribution in [3.8, 4) is 0 Å². The number of rotatable bonds is 14. The lowest BCUT2D eigenvalue weighted by atomic mass is 9.94. The highest BCUT2D eigenvalue weighted by molar-refractivity contribution is 5.83. The smallest absolute Gasteiger partial charge is 0.224 e. The van der Waals surface area contributed by atoms with E-state index in [1.165, 1.54) is 5.56 Å². The van der Waals surface area contributed by atoms with Gasteiger partial charge in [-0.05, 0) is 43.5 Å². The molecule has 1 unspecified atom stereocenters. The molecule has 39 heavy (non-hydrogen) atoms. The maximum Gasteiger partial charge on any atom is 0.224 e. The van der Waals surface area contributed by atoms with Gasteiger partial charge >= 0.3 is 0 Å². The Kier molecular flexibility index (Phi) is 11.4. The van der Waals surface area contributed by atoms with Crippen molar-refractivity contribution in [3.05, 3.63) is 132 Å². The summed E-state index contributed by atoms with van der Waals surface area (Å²) in [6, 6.07) is 22.1. The number of allylic oxidation sites excluding steroid dienone is 3. The van der Waals surface area contributed by atoms with E-state index in [1.54, 1.807) is 6.08 Å². The number of aromatic nitrogens is 1. The predicted molar refractivity (Wildman–Crippen MR) is 159 cm³/mol. The second kappa shape index (κ2) is 15.2. The maximum absolute atomic E-state index is 13.5. The SMILES string of the molecule is C=C/C=C\C(=C/C)CNc1ccccc1C(C=O)CC(=O)N(Cc1cc[n+](Cc2ccccc2)cc1)C(C)C. The van der Waals surface area contributed by atoms with Crippen LogP contribution in [0.15, 0.2) is 116 Å². The fraction of sp³-hybridized carbons (Fsp3) is 0.265. The van der Waals surface area contributed by atoms with Gasteiger partial charge in [0, 0.05) is 48.9 Å². The van der Waals surface area contributed by atoms with Crippen molar-refractivity contribution in [2.45, 2.75) is 52.2 Å². The standard InChI is InChI=1S/C34H40N3O2/c1-5-7-13-28(6-2)23-35-33-17-12-11-16-32(33)31(26-38)22-34(39)37(27(3)4)25-30-18-20-36(21-19-30)24-29-14-9-8-10-15-29/h5-21,26-27,31,35H,1,22-25H2,2-4H3/q+1/b13-7-,28-6+. The van der Waals surface area contributed by atoms with Gasteiger partial charge in [-0.15, -0.1) is 0 Å². The van der Waals surface area contributed by atoms with Crippen LogP contribution in [0, 0.1) is 0 Å². The molecule has 0 saturated carbocycles. The maximum atomic E-state index is 13.5. The zero-order chi connectivity index (χ0) is 28.0. The second-order valence-electron chi connectivity index (χ2n) is 9.83. The number of nitrogens with one attached hydrogen (secondary N) is 1. The molecule has 202 valence electrons. The first kappa shape index (κ1) is 29.3. The van der Waals surface area contributed by atoms with Crippen LogP contribution in [0.2, 0.25) is 0 Å². The number of benzene rings is 2. The Labute approximate surface area is 233 Å². The van der Waals surface area contributed by atoms with E-state index in [-0.39, 0.29) is 18.4 Å². The molecule has 0 bridgehead atoms. The lowest BCUT2D eigenvalue weighted by Gasteiger charge is -2.28. The molecule has 0 radical (unpaired) electrons. The lowest BCUT2D eigenvalue weighted by Crippen LogP contribution is -2.38. The second-order valence-corrected chi connectivity index (χ2v) is 9.83. The van der Waals surface area contributed by atoms with E-state index in [4.69, 9.17) is 0 Å². The minimum absolute atomic E-state index is 0.00344. The summed E-state index contributed by atoms with van der Waals surface area (Å²) in [6.07, 6.45) is 12.8. The summed E-state index contributed by atoms with van der Waals surface area (Å²) >= 11 is 0. The number of para-hydroxylation sites is 1. The third-order valence-electron chi connectivity index (χ3n) is 6.68. The Bertz CT molecular complexity index is 1280. The van der Waals surface area contributed by atoms with Crippen LogP contribution in [0.4, 0.5) is 5.69 Å². The van der Waals surface area contributed by atoms with Crippen molar-refractivity contribution < 1.29 is 14.2 Å². The number of aldehydes is 1. The summed E-state index contributed by atoms with van der Waals surface area (Å²) in [4.78, 5) is 27.6. The Balaban J connectivity index is 1.69. The number of carbonyl (C=O) groups is 2. The molecular weight excluding hydrogens is 482 g/mol. The minimum Gasteiger partial charge on any atom is -0.381 e. The van der Waals surface area contributed by atoms with Crippen molar-refractivity contribution in [1.82, 2.24) is 4.90 Å². The van der Waals surface area contributed by atoms with Gasteiger partial charge in [-0.2, -0.15) is 0 Å². The molecule has 2 aromatic carbocycles. The van der Waals surface area contributed by atoms with Gasteiger partial charge in [-0.25, -0.2) is 4.57 Å². The molecular formula is C34H40N3O2+. The van der Waals surface area contributed by atoms with E-state index >= 15 is 0 Å². The molecule has 1 N–H and O–H groups in total. The third kappa shape index (κ3) is 8.92. The monoisotopic (exact) mass is 522 g/mol. The number of hydrogen-bond donors (Lipinski definition) is 1. The van der Waals surface area contributed by atoms with Crippen molar-refractivity contribution in [1.29, 1.82) is 0 Å². The highest BCUT2D eigenvalue weighted by atomic mass is 16.2. The van der Waals surface area contributed by atoms with Crippen LogP contribution in [-0.4, -0.2) is 29.7 Å². The van der Waals surface area contributed by atoms with Gasteiger partial charge in [0.15, 0.2) is 18.9 Å². The first-order valence-electron chi connectivity index (χ1n) is 13.5. The molecule has 0 spiro atoms. The Hall–Kier alpha value is -4.25. The van der Waals surface area contributed by atoms with Crippen LogP contribution >= 0.6 is 0 Å². The van der Waals surface area contributed by atoms with Gasteiger partial charge in [0.1, 0.15) is 6.29 Å². The van der Waals surface area contributed by atoms with E-state index in [0.29, 0.717) is 13.1 Å². The molecule has 0 fully saturated rings. The number of pyridine rings is 1. The first-order valence-corrected chi connectivity index (χ1v) is 13.5. The van der Waals surface area contributed by atoms with Crippen molar-refractivity contribution in [2.24, 2.45) is 0 Å². The van der Waals surface area contributed by atoms with Crippen LogP contribution in [0.1, 0.15) is 49.8 Å². The molecule has 5 heteroatoms. The number of carbonyl (C=O) groups excluding carboxylic acids is 2. The van der Waals surface area contributed by atoms with Crippen LogP contribution in [-0.2, 0) is 22.7 Å². The molecule has 3 rings (SSSR count). The summed E-state index contributed by atoms with van der Waals surface area (Å²) in [6.45, 7) is 11.6. The van der Waals surface area contributed by atoms with Crippen molar-refractivity contribution in [3.63, 3.8) is 0 Å². The summed E-state index contributed by atoms with van der Waals surface area (Å²) in [5.74, 6) is -0.579. The fourth-order valence-electron chi connectivity index (χ4n) is 4.41. The fourth-order valence-corrected chi connectivity index (χ4v) is 4.41. The quantitative estimate of drug-likeness (QED) is 0.155. The lowest BCUT2D eigenvalue weighted by molar-refractivity contribution is -0.688. The van der Waals surface area contributed by atoms with Crippen molar-refractivity contribution >= 4 is 17.9 Å². The highest BCUT2D eigenvalue weighted by Gasteiger charge is 2.24. The summed E-state index contributed by atoms with van der Waals surface area (Å²) in [5.41, 5.74) is 5.07. The van der Waals surface area contributed by atoms with Gasteiger partial charge < -0.3 is 15.0 Å². The highest BCUT2D eigenvalue weighted by Crippen LogP contribution is 2.27. The summed E-state index contributed by atoms with van der Waals surface area (Å²) in [5, 5.41) is 3.44. The van der Waals surface area contributed by atoms with E-state index in [1.807, 2.05) is 98.8 Å². The van der Waals surface area contributed by atoms with Crippen LogP contribution < -0.4 is 9.88 Å². The van der Waals surface area contributed by atoms with E-state index < -0.39 is 5.92 Å². The van der Waals surface area contributed by atoms with E-state index in [2.05, 4.69) is 40.7 Å². The molecule has 5 nitrogen and oxygen atoms in total. The summed E-state index contributed by atoms with van der Waals surface area (Å²) < 4.78 is 2.12.